The maximum absolute atomic E-state index is 5.99. The smallest absolute Gasteiger partial charge is 0.120 e. The fraction of sp³-hybridized carbons (Fsp3) is 0.368. The van der Waals surface area contributed by atoms with Crippen molar-refractivity contribution in [3.63, 3.8) is 0 Å². The molecule has 2 aromatic rings. The molecule has 0 amide bonds. The summed E-state index contributed by atoms with van der Waals surface area (Å²) in [6.07, 6.45) is 1.31. The van der Waals surface area contributed by atoms with E-state index >= 15 is 0 Å². The molecule has 0 N–H and O–H groups in total. The SMILES string of the molecule is Cc1ccc(COc2cccc(C3(C)SCCCS3)c2)cc1. The predicted octanol–water partition coefficient (Wildman–Crippen LogP) is 5.62. The molecule has 0 radical (unpaired) electrons. The minimum Gasteiger partial charge on any atom is -0.489 e. The third-order valence-electron chi connectivity index (χ3n) is 3.93. The first-order valence-corrected chi connectivity index (χ1v) is 9.70. The van der Waals surface area contributed by atoms with Crippen LogP contribution in [0, 0.1) is 6.92 Å². The van der Waals surface area contributed by atoms with E-state index in [0.29, 0.717) is 6.61 Å². The van der Waals surface area contributed by atoms with Gasteiger partial charge in [-0.15, -0.1) is 23.5 Å². The average Bonchev–Trinajstić information content (AvgIpc) is 2.55. The monoisotopic (exact) mass is 330 g/mol. The van der Waals surface area contributed by atoms with Crippen molar-refractivity contribution in [2.24, 2.45) is 0 Å². The molecule has 0 unspecified atom stereocenters. The molecule has 116 valence electrons. The van der Waals surface area contributed by atoms with E-state index in [1.165, 1.54) is 34.6 Å². The van der Waals surface area contributed by atoms with Gasteiger partial charge in [0.05, 0.1) is 4.08 Å². The molecular formula is C19H22OS2. The van der Waals surface area contributed by atoms with Gasteiger partial charge >= 0.3 is 0 Å². The number of hydrogen-bond donors (Lipinski definition) is 0. The number of ether oxygens (including phenoxy) is 1. The minimum atomic E-state index is 0.168. The van der Waals surface area contributed by atoms with E-state index in [1.807, 2.05) is 0 Å². The Hall–Kier alpha value is -1.06. The third kappa shape index (κ3) is 3.82. The van der Waals surface area contributed by atoms with E-state index in [9.17, 15) is 0 Å². The molecule has 0 bridgehead atoms. The standard InChI is InChI=1S/C19H22OS2/c1-15-7-9-16(10-8-15)14-20-18-6-3-5-17(13-18)19(2)21-11-4-12-22-19/h3,5-10,13H,4,11-12,14H2,1-2H3. The summed E-state index contributed by atoms with van der Waals surface area (Å²) in [6, 6.07) is 17.1. The van der Waals surface area contributed by atoms with Gasteiger partial charge in [0, 0.05) is 0 Å². The van der Waals surface area contributed by atoms with Gasteiger partial charge < -0.3 is 4.74 Å². The van der Waals surface area contributed by atoms with Crippen molar-refractivity contribution in [2.45, 2.75) is 31.0 Å². The summed E-state index contributed by atoms with van der Waals surface area (Å²) in [6.45, 7) is 5.07. The van der Waals surface area contributed by atoms with E-state index in [4.69, 9.17) is 4.74 Å². The van der Waals surface area contributed by atoms with Crippen LogP contribution in [0.4, 0.5) is 0 Å². The Morgan fingerprint density at radius 1 is 1.05 bits per heavy atom. The van der Waals surface area contributed by atoms with Crippen LogP contribution >= 0.6 is 23.5 Å². The Morgan fingerprint density at radius 2 is 1.77 bits per heavy atom. The van der Waals surface area contributed by atoms with Crippen LogP contribution in [0.3, 0.4) is 0 Å². The minimum absolute atomic E-state index is 0.168. The molecule has 1 aliphatic heterocycles. The van der Waals surface area contributed by atoms with E-state index in [0.717, 1.165) is 5.75 Å². The quantitative estimate of drug-likeness (QED) is 0.720. The fourth-order valence-corrected chi connectivity index (χ4v) is 5.48. The molecule has 0 saturated carbocycles. The van der Waals surface area contributed by atoms with Gasteiger partial charge in [-0.1, -0.05) is 42.0 Å². The van der Waals surface area contributed by atoms with Gasteiger partial charge in [-0.05, 0) is 55.0 Å². The molecule has 1 fully saturated rings. The Bertz CT molecular complexity index is 616. The fourth-order valence-electron chi connectivity index (χ4n) is 2.52. The molecule has 3 rings (SSSR count). The van der Waals surface area contributed by atoms with Crippen LogP contribution in [-0.4, -0.2) is 11.5 Å². The average molecular weight is 331 g/mol. The van der Waals surface area contributed by atoms with Crippen LogP contribution in [0.1, 0.15) is 30.0 Å². The molecule has 2 aromatic carbocycles. The van der Waals surface area contributed by atoms with Crippen molar-refractivity contribution >= 4 is 23.5 Å². The normalized spacial score (nSPS) is 17.2. The van der Waals surface area contributed by atoms with Gasteiger partial charge in [0.25, 0.3) is 0 Å². The topological polar surface area (TPSA) is 9.23 Å². The van der Waals surface area contributed by atoms with Gasteiger partial charge in [0.15, 0.2) is 0 Å². The highest BCUT2D eigenvalue weighted by atomic mass is 32.2. The van der Waals surface area contributed by atoms with Gasteiger partial charge in [-0.3, -0.25) is 0 Å². The first kappa shape index (κ1) is 15.8. The number of thioether (sulfide) groups is 2. The summed E-state index contributed by atoms with van der Waals surface area (Å²) < 4.78 is 6.16. The van der Waals surface area contributed by atoms with Crippen molar-refractivity contribution < 1.29 is 4.74 Å². The first-order chi connectivity index (χ1) is 10.7. The van der Waals surface area contributed by atoms with Crippen molar-refractivity contribution in [3.05, 3.63) is 65.2 Å². The van der Waals surface area contributed by atoms with Crippen molar-refractivity contribution in [3.8, 4) is 5.75 Å². The zero-order valence-corrected chi connectivity index (χ0v) is 14.8. The van der Waals surface area contributed by atoms with Crippen LogP contribution < -0.4 is 4.74 Å². The van der Waals surface area contributed by atoms with Gasteiger partial charge in [0.1, 0.15) is 12.4 Å². The summed E-state index contributed by atoms with van der Waals surface area (Å²) in [7, 11) is 0. The van der Waals surface area contributed by atoms with Crippen LogP contribution in [0.2, 0.25) is 0 Å². The summed E-state index contributed by atoms with van der Waals surface area (Å²) in [5.41, 5.74) is 3.86. The van der Waals surface area contributed by atoms with Crippen LogP contribution in [-0.2, 0) is 10.7 Å². The lowest BCUT2D eigenvalue weighted by Crippen LogP contribution is -2.18. The summed E-state index contributed by atoms with van der Waals surface area (Å²) in [5.74, 6) is 3.46. The summed E-state index contributed by atoms with van der Waals surface area (Å²) >= 11 is 4.10. The van der Waals surface area contributed by atoms with Gasteiger partial charge in [-0.25, -0.2) is 0 Å². The predicted molar refractivity (Wildman–Crippen MR) is 98.8 cm³/mol. The molecular weight excluding hydrogens is 308 g/mol. The van der Waals surface area contributed by atoms with Crippen LogP contribution in [0.5, 0.6) is 5.75 Å². The molecule has 3 heteroatoms. The second kappa shape index (κ2) is 7.01. The van der Waals surface area contributed by atoms with E-state index < -0.39 is 0 Å². The maximum Gasteiger partial charge on any atom is 0.120 e. The number of benzene rings is 2. The lowest BCUT2D eigenvalue weighted by atomic mass is 10.1. The molecule has 0 aliphatic carbocycles. The zero-order chi connectivity index (χ0) is 15.4. The highest BCUT2D eigenvalue weighted by Crippen LogP contribution is 2.50. The molecule has 0 atom stereocenters. The van der Waals surface area contributed by atoms with Crippen LogP contribution in [0.25, 0.3) is 0 Å². The molecule has 1 aliphatic rings. The molecule has 22 heavy (non-hydrogen) atoms. The van der Waals surface area contributed by atoms with Crippen LogP contribution in [0.15, 0.2) is 48.5 Å². The lowest BCUT2D eigenvalue weighted by molar-refractivity contribution is 0.306. The summed E-state index contributed by atoms with van der Waals surface area (Å²) in [5, 5.41) is 0. The molecule has 1 nitrogen and oxygen atoms in total. The first-order valence-electron chi connectivity index (χ1n) is 7.72. The molecule has 0 spiro atoms. The Labute approximate surface area is 141 Å². The van der Waals surface area contributed by atoms with Gasteiger partial charge in [-0.2, -0.15) is 0 Å². The maximum atomic E-state index is 5.99. The number of rotatable bonds is 4. The van der Waals surface area contributed by atoms with E-state index in [-0.39, 0.29) is 4.08 Å². The second-order valence-corrected chi connectivity index (χ2v) is 9.08. The highest BCUT2D eigenvalue weighted by Gasteiger charge is 2.30. The number of hydrogen-bond acceptors (Lipinski definition) is 3. The Morgan fingerprint density at radius 3 is 2.50 bits per heavy atom. The third-order valence-corrected chi connectivity index (χ3v) is 7.19. The summed E-state index contributed by atoms with van der Waals surface area (Å²) in [4.78, 5) is 0. The van der Waals surface area contributed by atoms with E-state index in [1.54, 1.807) is 0 Å². The lowest BCUT2D eigenvalue weighted by Gasteiger charge is -2.33. The van der Waals surface area contributed by atoms with Gasteiger partial charge in [0.2, 0.25) is 0 Å². The highest BCUT2D eigenvalue weighted by molar-refractivity contribution is 8.18. The zero-order valence-electron chi connectivity index (χ0n) is 13.2. The Kier molecular flexibility index (Phi) is 5.04. The van der Waals surface area contributed by atoms with E-state index in [2.05, 4.69) is 85.9 Å². The van der Waals surface area contributed by atoms with Crippen molar-refractivity contribution in [1.82, 2.24) is 0 Å². The molecule has 0 aromatic heterocycles. The Balaban J connectivity index is 1.69. The van der Waals surface area contributed by atoms with Crippen molar-refractivity contribution in [1.29, 1.82) is 0 Å². The second-order valence-electron chi connectivity index (χ2n) is 5.80. The number of aryl methyl sites for hydroxylation is 1. The van der Waals surface area contributed by atoms with Crippen molar-refractivity contribution in [2.75, 3.05) is 11.5 Å². The molecule has 1 heterocycles. The molecule has 1 saturated heterocycles. The largest absolute Gasteiger partial charge is 0.489 e.